The Kier molecular flexibility index (Phi) is 3.49. The van der Waals surface area contributed by atoms with Crippen molar-refractivity contribution in [3.63, 3.8) is 0 Å². The standard InChI is InChI=1S/C16H9N3O4/c17-9-10-2-1-3-12(8-10)14-18-19(16(22)23-14)13-6-4-11(5-7-13)15(20)21/h1-8H,(H,20,21). The summed E-state index contributed by atoms with van der Waals surface area (Å²) < 4.78 is 6.13. The van der Waals surface area contributed by atoms with Gasteiger partial charge in [-0.25, -0.2) is 9.59 Å². The number of carboxylic acids is 1. The molecule has 0 unspecified atom stereocenters. The first-order chi connectivity index (χ1) is 11.1. The molecule has 23 heavy (non-hydrogen) atoms. The van der Waals surface area contributed by atoms with E-state index in [0.29, 0.717) is 16.8 Å². The molecular formula is C16H9N3O4. The van der Waals surface area contributed by atoms with Gasteiger partial charge in [0.15, 0.2) is 0 Å². The number of hydrogen-bond donors (Lipinski definition) is 1. The predicted octanol–water partition coefficient (Wildman–Crippen LogP) is 2.06. The zero-order valence-corrected chi connectivity index (χ0v) is 11.6. The molecule has 7 heteroatoms. The molecule has 0 aliphatic carbocycles. The maximum absolute atomic E-state index is 11.9. The van der Waals surface area contributed by atoms with Gasteiger partial charge < -0.3 is 9.52 Å². The number of hydrogen-bond acceptors (Lipinski definition) is 5. The minimum atomic E-state index is -1.06. The van der Waals surface area contributed by atoms with Crippen molar-refractivity contribution in [2.45, 2.75) is 0 Å². The van der Waals surface area contributed by atoms with Crippen molar-refractivity contribution in [1.29, 1.82) is 5.26 Å². The Hall–Kier alpha value is -3.66. The molecule has 2 aromatic carbocycles. The topological polar surface area (TPSA) is 109 Å². The minimum Gasteiger partial charge on any atom is -0.478 e. The van der Waals surface area contributed by atoms with E-state index in [1.165, 1.54) is 24.3 Å². The molecule has 3 aromatic rings. The highest BCUT2D eigenvalue weighted by Gasteiger charge is 2.13. The average Bonchev–Trinajstić information content (AvgIpc) is 2.97. The van der Waals surface area contributed by atoms with E-state index in [1.54, 1.807) is 24.3 Å². The third kappa shape index (κ3) is 2.73. The fourth-order valence-corrected chi connectivity index (χ4v) is 2.02. The van der Waals surface area contributed by atoms with Crippen LogP contribution in [-0.2, 0) is 0 Å². The Morgan fingerprint density at radius 1 is 1.22 bits per heavy atom. The molecule has 0 aliphatic heterocycles. The Labute approximate surface area is 129 Å². The second kappa shape index (κ2) is 5.61. The number of benzene rings is 2. The van der Waals surface area contributed by atoms with Crippen LogP contribution in [0.2, 0.25) is 0 Å². The Morgan fingerprint density at radius 3 is 2.61 bits per heavy atom. The fourth-order valence-electron chi connectivity index (χ4n) is 2.02. The molecule has 0 saturated heterocycles. The highest BCUT2D eigenvalue weighted by molar-refractivity contribution is 5.87. The van der Waals surface area contributed by atoms with Crippen LogP contribution in [0, 0.1) is 11.3 Å². The van der Waals surface area contributed by atoms with E-state index in [-0.39, 0.29) is 11.5 Å². The molecule has 0 atom stereocenters. The van der Waals surface area contributed by atoms with Gasteiger partial charge in [0.05, 0.1) is 22.9 Å². The van der Waals surface area contributed by atoms with E-state index in [4.69, 9.17) is 14.8 Å². The first-order valence-corrected chi connectivity index (χ1v) is 6.53. The van der Waals surface area contributed by atoms with E-state index in [0.717, 1.165) is 4.68 Å². The van der Waals surface area contributed by atoms with Crippen LogP contribution in [0.15, 0.2) is 57.7 Å². The third-order valence-corrected chi connectivity index (χ3v) is 3.15. The van der Waals surface area contributed by atoms with E-state index < -0.39 is 11.7 Å². The Bertz CT molecular complexity index is 978. The van der Waals surface area contributed by atoms with Crippen LogP contribution in [0.5, 0.6) is 0 Å². The van der Waals surface area contributed by atoms with E-state index in [9.17, 15) is 9.59 Å². The summed E-state index contributed by atoms with van der Waals surface area (Å²) in [6.45, 7) is 0. The third-order valence-electron chi connectivity index (χ3n) is 3.15. The second-order valence-electron chi connectivity index (χ2n) is 4.63. The van der Waals surface area contributed by atoms with Gasteiger partial charge >= 0.3 is 11.7 Å². The molecule has 0 bridgehead atoms. The molecule has 7 nitrogen and oxygen atoms in total. The summed E-state index contributed by atoms with van der Waals surface area (Å²) in [5.41, 5.74) is 1.41. The summed E-state index contributed by atoms with van der Waals surface area (Å²) in [5, 5.41) is 21.9. The van der Waals surface area contributed by atoms with Gasteiger partial charge in [-0.05, 0) is 42.5 Å². The van der Waals surface area contributed by atoms with Gasteiger partial charge in [-0.2, -0.15) is 9.94 Å². The molecule has 0 amide bonds. The Morgan fingerprint density at radius 2 is 1.96 bits per heavy atom. The lowest BCUT2D eigenvalue weighted by atomic mass is 10.1. The maximum Gasteiger partial charge on any atom is 0.442 e. The number of carboxylic acid groups (broad SMARTS) is 1. The van der Waals surface area contributed by atoms with Crippen LogP contribution in [0.1, 0.15) is 15.9 Å². The summed E-state index contributed by atoms with van der Waals surface area (Å²) >= 11 is 0. The number of rotatable bonds is 3. The average molecular weight is 307 g/mol. The first kappa shape index (κ1) is 14.3. The van der Waals surface area contributed by atoms with Crippen molar-refractivity contribution < 1.29 is 14.3 Å². The number of carbonyl (C=O) groups is 1. The molecular weight excluding hydrogens is 298 g/mol. The van der Waals surface area contributed by atoms with E-state index >= 15 is 0 Å². The summed E-state index contributed by atoms with van der Waals surface area (Å²) in [7, 11) is 0. The van der Waals surface area contributed by atoms with Crippen molar-refractivity contribution in [3.05, 3.63) is 70.2 Å². The molecule has 0 spiro atoms. The highest BCUT2D eigenvalue weighted by atomic mass is 16.4. The van der Waals surface area contributed by atoms with Gasteiger partial charge in [0.25, 0.3) is 0 Å². The molecule has 1 aromatic heterocycles. The SMILES string of the molecule is N#Cc1cccc(-c2nn(-c3ccc(C(=O)O)cc3)c(=O)o2)c1. The first-order valence-electron chi connectivity index (χ1n) is 6.53. The Balaban J connectivity index is 2.02. The summed E-state index contributed by atoms with van der Waals surface area (Å²) in [5.74, 6) is -1.68. The van der Waals surface area contributed by atoms with Gasteiger partial charge in [-0.1, -0.05) is 6.07 Å². The number of aromatic nitrogens is 2. The van der Waals surface area contributed by atoms with Gasteiger partial charge in [-0.3, -0.25) is 0 Å². The smallest absolute Gasteiger partial charge is 0.442 e. The normalized spacial score (nSPS) is 10.2. The van der Waals surface area contributed by atoms with Crippen LogP contribution in [0.3, 0.4) is 0 Å². The van der Waals surface area contributed by atoms with Crippen LogP contribution < -0.4 is 5.76 Å². The predicted molar refractivity (Wildman–Crippen MR) is 79.2 cm³/mol. The van der Waals surface area contributed by atoms with E-state index in [1.807, 2.05) is 6.07 Å². The number of nitriles is 1. The molecule has 0 fully saturated rings. The molecule has 112 valence electrons. The lowest BCUT2D eigenvalue weighted by molar-refractivity contribution is 0.0697. The monoisotopic (exact) mass is 307 g/mol. The van der Waals surface area contributed by atoms with Crippen molar-refractivity contribution in [3.8, 4) is 23.2 Å². The molecule has 1 N–H and O–H groups in total. The van der Waals surface area contributed by atoms with Crippen molar-refractivity contribution in [2.75, 3.05) is 0 Å². The summed E-state index contributed by atoms with van der Waals surface area (Å²) in [6, 6.07) is 14.2. The second-order valence-corrected chi connectivity index (χ2v) is 4.63. The number of aromatic carboxylic acids is 1. The summed E-state index contributed by atoms with van der Waals surface area (Å²) in [4.78, 5) is 22.8. The van der Waals surface area contributed by atoms with Crippen LogP contribution in [0.4, 0.5) is 0 Å². The lowest BCUT2D eigenvalue weighted by Crippen LogP contribution is -2.13. The van der Waals surface area contributed by atoms with Crippen molar-refractivity contribution >= 4 is 5.97 Å². The van der Waals surface area contributed by atoms with Crippen LogP contribution >= 0.6 is 0 Å². The molecule has 0 aliphatic rings. The molecule has 1 heterocycles. The quantitative estimate of drug-likeness (QED) is 0.793. The summed E-state index contributed by atoms with van der Waals surface area (Å²) in [6.07, 6.45) is 0. The maximum atomic E-state index is 11.9. The van der Waals surface area contributed by atoms with Gasteiger partial charge in [0.2, 0.25) is 5.89 Å². The zero-order chi connectivity index (χ0) is 16.4. The van der Waals surface area contributed by atoms with Gasteiger partial charge in [0.1, 0.15) is 0 Å². The van der Waals surface area contributed by atoms with Crippen molar-refractivity contribution in [1.82, 2.24) is 9.78 Å². The molecule has 3 rings (SSSR count). The van der Waals surface area contributed by atoms with Gasteiger partial charge in [-0.15, -0.1) is 5.10 Å². The fraction of sp³-hybridized carbons (Fsp3) is 0. The van der Waals surface area contributed by atoms with Crippen molar-refractivity contribution in [2.24, 2.45) is 0 Å². The number of nitrogens with zero attached hydrogens (tertiary/aromatic N) is 3. The zero-order valence-electron chi connectivity index (χ0n) is 11.6. The van der Waals surface area contributed by atoms with E-state index in [2.05, 4.69) is 5.10 Å². The van der Waals surface area contributed by atoms with Gasteiger partial charge in [0, 0.05) is 5.56 Å². The van der Waals surface area contributed by atoms with Crippen LogP contribution in [0.25, 0.3) is 17.1 Å². The largest absolute Gasteiger partial charge is 0.478 e. The minimum absolute atomic E-state index is 0.0782. The molecule has 0 radical (unpaired) electrons. The molecule has 0 saturated carbocycles. The highest BCUT2D eigenvalue weighted by Crippen LogP contribution is 2.18. The lowest BCUT2D eigenvalue weighted by Gasteiger charge is -1.99. The van der Waals surface area contributed by atoms with Crippen LogP contribution in [-0.4, -0.2) is 20.9 Å².